The molecular weight excluding hydrogens is 374 g/mol. The van der Waals surface area contributed by atoms with E-state index in [2.05, 4.69) is 11.2 Å². The van der Waals surface area contributed by atoms with Gasteiger partial charge in [-0.05, 0) is 36.4 Å². The predicted octanol–water partition coefficient (Wildman–Crippen LogP) is 3.54. The number of aryl methyl sites for hydroxylation is 3. The number of carbonyl (C=O) groups excluding carboxylic acids is 1. The Hall–Kier alpha value is -3.19. The lowest BCUT2D eigenvalue weighted by molar-refractivity contribution is 0.0600. The minimum absolute atomic E-state index is 0.250. The van der Waals surface area contributed by atoms with Gasteiger partial charge >= 0.3 is 5.97 Å². The van der Waals surface area contributed by atoms with Crippen LogP contribution in [0.3, 0.4) is 0 Å². The molecule has 0 atom stereocenters. The number of pyridine rings is 1. The van der Waals surface area contributed by atoms with Gasteiger partial charge in [0.25, 0.3) is 5.56 Å². The monoisotopic (exact) mass is 393 g/mol. The zero-order valence-electron chi connectivity index (χ0n) is 15.6. The Morgan fingerprint density at radius 3 is 2.71 bits per heavy atom. The van der Waals surface area contributed by atoms with Gasteiger partial charge in [0.05, 0.1) is 18.4 Å². The molecule has 2 aliphatic heterocycles. The van der Waals surface area contributed by atoms with Crippen LogP contribution in [0.4, 0.5) is 0 Å². The molecule has 0 unspecified atom stereocenters. The summed E-state index contributed by atoms with van der Waals surface area (Å²) in [6, 6.07) is 11.6. The Balaban J connectivity index is 1.84. The van der Waals surface area contributed by atoms with Crippen molar-refractivity contribution in [2.45, 2.75) is 19.9 Å². The highest BCUT2D eigenvalue weighted by molar-refractivity contribution is 7.09. The smallest absolute Gasteiger partial charge is 0.341 e. The van der Waals surface area contributed by atoms with Gasteiger partial charge in [-0.15, -0.1) is 11.3 Å². The van der Waals surface area contributed by atoms with Crippen LogP contribution in [-0.4, -0.2) is 27.4 Å². The Morgan fingerprint density at radius 2 is 2.00 bits per heavy atom. The summed E-state index contributed by atoms with van der Waals surface area (Å²) in [5.41, 5.74) is 2.42. The van der Waals surface area contributed by atoms with Gasteiger partial charge in [-0.3, -0.25) is 4.79 Å². The molecule has 7 heteroatoms. The van der Waals surface area contributed by atoms with Gasteiger partial charge in [0.15, 0.2) is 0 Å². The lowest BCUT2D eigenvalue weighted by Gasteiger charge is -2.11. The number of ether oxygens (including phenoxy) is 1. The molecule has 0 amide bonds. The molecule has 0 fully saturated rings. The third kappa shape index (κ3) is 3.25. The van der Waals surface area contributed by atoms with Crippen molar-refractivity contribution in [1.29, 1.82) is 0 Å². The van der Waals surface area contributed by atoms with Crippen LogP contribution in [-0.2, 0) is 17.7 Å². The lowest BCUT2D eigenvalue weighted by atomic mass is 10.1. The van der Waals surface area contributed by atoms with Gasteiger partial charge in [-0.1, -0.05) is 24.3 Å². The van der Waals surface area contributed by atoms with E-state index >= 15 is 0 Å². The van der Waals surface area contributed by atoms with Crippen LogP contribution in [0.5, 0.6) is 0 Å². The average molecular weight is 393 g/mol. The summed E-state index contributed by atoms with van der Waals surface area (Å²) in [6.07, 6.45) is 4.28. The molecule has 4 rings (SSSR count). The molecule has 0 saturated heterocycles. The average Bonchev–Trinajstić information content (AvgIpc) is 3.34. The normalized spacial score (nSPS) is 11.1. The third-order valence-corrected chi connectivity index (χ3v) is 5.60. The second-order valence-corrected chi connectivity index (χ2v) is 7.53. The molecule has 6 nitrogen and oxygen atoms in total. The maximum absolute atomic E-state index is 13.1. The molecule has 0 spiro atoms. The van der Waals surface area contributed by atoms with E-state index in [1.807, 2.05) is 47.2 Å². The third-order valence-electron chi connectivity index (χ3n) is 4.67. The van der Waals surface area contributed by atoms with Crippen molar-refractivity contribution in [3.05, 3.63) is 80.5 Å². The summed E-state index contributed by atoms with van der Waals surface area (Å²) in [6.45, 7) is 2.57. The molecule has 3 heterocycles. The van der Waals surface area contributed by atoms with Crippen molar-refractivity contribution >= 4 is 17.3 Å². The number of nitrogens with zero attached hydrogens (tertiary/aromatic N) is 3. The number of para-hydroxylation sites is 1. The highest BCUT2D eigenvalue weighted by Crippen LogP contribution is 2.24. The van der Waals surface area contributed by atoms with Gasteiger partial charge in [-0.25, -0.2) is 4.79 Å². The Kier molecular flexibility index (Phi) is 4.83. The second-order valence-electron chi connectivity index (χ2n) is 6.50. The molecule has 2 aromatic rings. The Morgan fingerprint density at radius 1 is 1.18 bits per heavy atom. The summed E-state index contributed by atoms with van der Waals surface area (Å²) < 4.78 is 8.14. The minimum Gasteiger partial charge on any atom is -0.465 e. The number of benzene rings is 1. The van der Waals surface area contributed by atoms with Crippen molar-refractivity contribution in [1.82, 2.24) is 14.3 Å². The van der Waals surface area contributed by atoms with Gasteiger partial charge in [0, 0.05) is 23.8 Å². The van der Waals surface area contributed by atoms with Crippen LogP contribution in [0.15, 0.2) is 59.0 Å². The first-order valence-electron chi connectivity index (χ1n) is 8.88. The number of methoxy groups -OCH3 is 1. The highest BCUT2D eigenvalue weighted by atomic mass is 32.1. The molecule has 1 aromatic carbocycles. The number of fused-ring (bicyclic) bond motifs is 1. The summed E-state index contributed by atoms with van der Waals surface area (Å²) in [5, 5.41) is 6.49. The molecule has 0 radical (unpaired) electrons. The Labute approximate surface area is 166 Å². The summed E-state index contributed by atoms with van der Waals surface area (Å²) >= 11 is 1.68. The van der Waals surface area contributed by atoms with Crippen LogP contribution < -0.4 is 5.56 Å². The van der Waals surface area contributed by atoms with Gasteiger partial charge in [0.1, 0.15) is 11.3 Å². The molecule has 0 bridgehead atoms. The molecule has 0 saturated carbocycles. The van der Waals surface area contributed by atoms with Gasteiger partial charge in [0.2, 0.25) is 0 Å². The fourth-order valence-corrected chi connectivity index (χ4v) is 3.91. The predicted molar refractivity (Wildman–Crippen MR) is 109 cm³/mol. The topological polar surface area (TPSA) is 66.1 Å². The first-order chi connectivity index (χ1) is 13.6. The minimum atomic E-state index is -0.509. The number of hydrogen-bond donors (Lipinski definition) is 0. The number of esters is 1. The lowest BCUT2D eigenvalue weighted by Crippen LogP contribution is -2.16. The van der Waals surface area contributed by atoms with Crippen molar-refractivity contribution in [2.75, 3.05) is 7.11 Å². The largest absolute Gasteiger partial charge is 0.465 e. The highest BCUT2D eigenvalue weighted by Gasteiger charge is 2.25. The SMILES string of the molecule is COC(=O)c1cn(CCc2cccs2)cc2c(=O)n(-c3ccccc3C)nc1-2. The van der Waals surface area contributed by atoms with Gasteiger partial charge < -0.3 is 9.30 Å². The quantitative estimate of drug-likeness (QED) is 0.487. The summed E-state index contributed by atoms with van der Waals surface area (Å²) in [7, 11) is 1.33. The molecule has 0 N–H and O–H groups in total. The Bertz CT molecular complexity index is 1160. The standard InChI is InChI=1S/C21H19N3O3S/c1-14-6-3-4-8-18(14)24-20(25)16-12-23(10-9-15-7-5-11-28-15)13-17(19(16)22-24)21(26)27-2/h3-8,11-13H,9-10H2,1-2H3. The number of rotatable bonds is 5. The van der Waals surface area contributed by atoms with Crippen LogP contribution in [0, 0.1) is 6.92 Å². The van der Waals surface area contributed by atoms with Crippen molar-refractivity contribution in [3.63, 3.8) is 0 Å². The first-order valence-corrected chi connectivity index (χ1v) is 9.76. The van der Waals surface area contributed by atoms with E-state index in [-0.39, 0.29) is 11.1 Å². The van der Waals surface area contributed by atoms with Gasteiger partial charge in [-0.2, -0.15) is 9.78 Å². The summed E-state index contributed by atoms with van der Waals surface area (Å²) in [4.78, 5) is 26.7. The second kappa shape index (κ2) is 7.44. The summed E-state index contributed by atoms with van der Waals surface area (Å²) in [5.74, 6) is -0.509. The molecule has 0 aliphatic carbocycles. The number of hydrogen-bond acceptors (Lipinski definition) is 5. The molecule has 28 heavy (non-hydrogen) atoms. The molecule has 142 valence electrons. The van der Waals surface area contributed by atoms with Crippen LogP contribution in [0.25, 0.3) is 16.9 Å². The maximum Gasteiger partial charge on any atom is 0.341 e. The zero-order valence-corrected chi connectivity index (χ0v) is 16.4. The maximum atomic E-state index is 13.1. The molecule has 2 aliphatic rings. The number of thiophene rings is 1. The number of aromatic nitrogens is 3. The van der Waals surface area contributed by atoms with Crippen molar-refractivity contribution < 1.29 is 9.53 Å². The van der Waals surface area contributed by atoms with E-state index in [1.165, 1.54) is 16.7 Å². The van der Waals surface area contributed by atoms with E-state index in [0.717, 1.165) is 12.0 Å². The van der Waals surface area contributed by atoms with Crippen LogP contribution >= 0.6 is 11.3 Å². The van der Waals surface area contributed by atoms with E-state index in [4.69, 9.17) is 4.74 Å². The fraction of sp³-hybridized carbons (Fsp3) is 0.190. The van der Waals surface area contributed by atoms with Crippen LogP contribution in [0.2, 0.25) is 0 Å². The van der Waals surface area contributed by atoms with Crippen molar-refractivity contribution in [2.24, 2.45) is 0 Å². The molecular formula is C21H19N3O3S. The van der Waals surface area contributed by atoms with E-state index in [0.29, 0.717) is 23.5 Å². The first kappa shape index (κ1) is 18.2. The number of carbonyl (C=O) groups is 1. The van der Waals surface area contributed by atoms with E-state index in [1.54, 1.807) is 23.7 Å². The zero-order chi connectivity index (χ0) is 19.7. The molecule has 1 aromatic heterocycles. The fourth-order valence-electron chi connectivity index (χ4n) is 3.21. The van der Waals surface area contributed by atoms with E-state index in [9.17, 15) is 9.59 Å². The van der Waals surface area contributed by atoms with Crippen LogP contribution in [0.1, 0.15) is 20.8 Å². The van der Waals surface area contributed by atoms with E-state index < -0.39 is 5.97 Å². The van der Waals surface area contributed by atoms with Crippen molar-refractivity contribution in [3.8, 4) is 16.9 Å².